The monoisotopic (exact) mass is 257 g/mol. The van der Waals surface area contributed by atoms with E-state index in [0.29, 0.717) is 6.10 Å². The summed E-state index contributed by atoms with van der Waals surface area (Å²) in [7, 11) is 0. The Balaban J connectivity index is 1.66. The number of ether oxygens (including phenoxy) is 3. The van der Waals surface area contributed by atoms with E-state index < -0.39 is 0 Å². The smallest absolute Gasteiger partial charge is 0.0751 e. The second-order valence-corrected chi connectivity index (χ2v) is 5.38. The molecule has 0 aromatic rings. The molecule has 1 spiro atoms. The second-order valence-electron chi connectivity index (χ2n) is 5.38. The molecule has 1 N–H and O–H groups in total. The first-order valence-electron chi connectivity index (χ1n) is 7.39. The molecule has 0 aromatic carbocycles. The van der Waals surface area contributed by atoms with Crippen LogP contribution in [-0.4, -0.2) is 51.2 Å². The molecule has 1 unspecified atom stereocenters. The zero-order chi connectivity index (χ0) is 12.7. The molecule has 2 saturated heterocycles. The summed E-state index contributed by atoms with van der Waals surface area (Å²) in [4.78, 5) is 0. The van der Waals surface area contributed by atoms with Crippen molar-refractivity contribution in [1.82, 2.24) is 5.32 Å². The van der Waals surface area contributed by atoms with E-state index in [9.17, 15) is 0 Å². The Labute approximate surface area is 110 Å². The van der Waals surface area contributed by atoms with Gasteiger partial charge in [-0.3, -0.25) is 0 Å². The van der Waals surface area contributed by atoms with Crippen molar-refractivity contribution >= 4 is 0 Å². The van der Waals surface area contributed by atoms with Crippen molar-refractivity contribution in [2.45, 2.75) is 50.7 Å². The predicted molar refractivity (Wildman–Crippen MR) is 70.9 cm³/mol. The first-order valence-corrected chi connectivity index (χ1v) is 7.39. The largest absolute Gasteiger partial charge is 0.381 e. The van der Waals surface area contributed by atoms with E-state index in [2.05, 4.69) is 12.2 Å². The molecule has 4 nitrogen and oxygen atoms in total. The van der Waals surface area contributed by atoms with Crippen LogP contribution < -0.4 is 5.32 Å². The number of hydrogen-bond acceptors (Lipinski definition) is 4. The molecule has 18 heavy (non-hydrogen) atoms. The summed E-state index contributed by atoms with van der Waals surface area (Å²) in [6.07, 6.45) is 5.70. The Kier molecular flexibility index (Phi) is 5.89. The summed E-state index contributed by atoms with van der Waals surface area (Å²) in [5.41, 5.74) is 0.0536. The minimum absolute atomic E-state index is 0.0536. The van der Waals surface area contributed by atoms with Crippen molar-refractivity contribution in [2.75, 3.05) is 39.5 Å². The number of nitrogens with one attached hydrogen (secondary N) is 1. The average molecular weight is 257 g/mol. The lowest BCUT2D eigenvalue weighted by atomic mass is 9.85. The molecule has 0 saturated carbocycles. The quantitative estimate of drug-likeness (QED) is 0.736. The highest BCUT2D eigenvalue weighted by atomic mass is 16.5. The molecule has 0 aromatic heterocycles. The molecule has 0 radical (unpaired) electrons. The van der Waals surface area contributed by atoms with Gasteiger partial charge in [-0.25, -0.2) is 0 Å². The fraction of sp³-hybridized carbons (Fsp3) is 1.00. The Bertz CT molecular complexity index is 224. The van der Waals surface area contributed by atoms with E-state index in [1.54, 1.807) is 0 Å². The van der Waals surface area contributed by atoms with Gasteiger partial charge >= 0.3 is 0 Å². The lowest BCUT2D eigenvalue weighted by Crippen LogP contribution is -2.46. The van der Waals surface area contributed by atoms with Gasteiger partial charge < -0.3 is 19.5 Å². The van der Waals surface area contributed by atoms with Crippen molar-refractivity contribution < 1.29 is 14.2 Å². The summed E-state index contributed by atoms with van der Waals surface area (Å²) in [6, 6.07) is 0. The van der Waals surface area contributed by atoms with Crippen LogP contribution in [0.4, 0.5) is 0 Å². The normalized spacial score (nSPS) is 27.5. The topological polar surface area (TPSA) is 39.7 Å². The highest BCUT2D eigenvalue weighted by Crippen LogP contribution is 2.35. The molecule has 0 amide bonds. The standard InChI is InChI=1S/C14H27NO3/c1-2-6-15-7-11-17-13-3-8-18-14(12-13)4-9-16-10-5-14/h13,15H,2-12H2,1H3. The van der Waals surface area contributed by atoms with Gasteiger partial charge in [0.1, 0.15) is 0 Å². The van der Waals surface area contributed by atoms with E-state index in [4.69, 9.17) is 14.2 Å². The highest BCUT2D eigenvalue weighted by Gasteiger charge is 2.39. The molecular weight excluding hydrogens is 230 g/mol. The van der Waals surface area contributed by atoms with Gasteiger partial charge in [0.25, 0.3) is 0 Å². The third-order valence-electron chi connectivity index (χ3n) is 3.91. The maximum absolute atomic E-state index is 6.01. The van der Waals surface area contributed by atoms with Crippen LogP contribution in [0.1, 0.15) is 39.0 Å². The van der Waals surface area contributed by atoms with Crippen molar-refractivity contribution in [3.05, 3.63) is 0 Å². The molecule has 2 aliphatic rings. The van der Waals surface area contributed by atoms with Crippen LogP contribution in [0.25, 0.3) is 0 Å². The molecule has 1 atom stereocenters. The summed E-state index contributed by atoms with van der Waals surface area (Å²) in [5.74, 6) is 0. The molecule has 106 valence electrons. The van der Waals surface area contributed by atoms with Crippen LogP contribution in [0.5, 0.6) is 0 Å². The summed E-state index contributed by atoms with van der Waals surface area (Å²) in [6.45, 7) is 7.56. The van der Waals surface area contributed by atoms with Crippen LogP contribution >= 0.6 is 0 Å². The zero-order valence-electron chi connectivity index (χ0n) is 11.6. The fourth-order valence-corrected chi connectivity index (χ4v) is 2.82. The van der Waals surface area contributed by atoms with Gasteiger partial charge in [0, 0.05) is 32.8 Å². The van der Waals surface area contributed by atoms with Crippen LogP contribution in [0.2, 0.25) is 0 Å². The van der Waals surface area contributed by atoms with Gasteiger partial charge in [-0.05, 0) is 32.2 Å². The Morgan fingerprint density at radius 1 is 1.22 bits per heavy atom. The summed E-state index contributed by atoms with van der Waals surface area (Å²) in [5, 5.41) is 3.37. The molecule has 0 bridgehead atoms. The fourth-order valence-electron chi connectivity index (χ4n) is 2.82. The molecule has 4 heteroatoms. The van der Waals surface area contributed by atoms with E-state index >= 15 is 0 Å². The molecule has 2 aliphatic heterocycles. The van der Waals surface area contributed by atoms with Crippen molar-refractivity contribution in [1.29, 1.82) is 0 Å². The summed E-state index contributed by atoms with van der Waals surface area (Å²) >= 11 is 0. The maximum atomic E-state index is 6.01. The van der Waals surface area contributed by atoms with E-state index in [0.717, 1.165) is 65.2 Å². The molecule has 2 fully saturated rings. The number of hydrogen-bond donors (Lipinski definition) is 1. The molecule has 2 rings (SSSR count). The third kappa shape index (κ3) is 4.19. The first-order chi connectivity index (χ1) is 8.85. The number of rotatable bonds is 6. The lowest BCUT2D eigenvalue weighted by molar-refractivity contribution is -0.169. The molecule has 0 aliphatic carbocycles. The van der Waals surface area contributed by atoms with Gasteiger partial charge in [0.2, 0.25) is 0 Å². The second kappa shape index (κ2) is 7.43. The summed E-state index contributed by atoms with van der Waals surface area (Å²) < 4.78 is 17.4. The highest BCUT2D eigenvalue weighted by molar-refractivity contribution is 4.89. The average Bonchev–Trinajstić information content (AvgIpc) is 2.40. The van der Waals surface area contributed by atoms with Gasteiger partial charge in [-0.1, -0.05) is 6.92 Å². The maximum Gasteiger partial charge on any atom is 0.0751 e. The Morgan fingerprint density at radius 2 is 2.06 bits per heavy atom. The molecule has 2 heterocycles. The van der Waals surface area contributed by atoms with Crippen LogP contribution in [0.15, 0.2) is 0 Å². The first kappa shape index (κ1) is 14.3. The van der Waals surface area contributed by atoms with Crippen molar-refractivity contribution in [2.24, 2.45) is 0 Å². The van der Waals surface area contributed by atoms with E-state index in [1.165, 1.54) is 6.42 Å². The third-order valence-corrected chi connectivity index (χ3v) is 3.91. The van der Waals surface area contributed by atoms with Gasteiger partial charge in [0.05, 0.1) is 18.3 Å². The van der Waals surface area contributed by atoms with Crippen molar-refractivity contribution in [3.8, 4) is 0 Å². The Hall–Kier alpha value is -0.160. The predicted octanol–water partition coefficient (Wildman–Crippen LogP) is 1.73. The van der Waals surface area contributed by atoms with Crippen LogP contribution in [0, 0.1) is 0 Å². The van der Waals surface area contributed by atoms with Gasteiger partial charge in [0.15, 0.2) is 0 Å². The van der Waals surface area contributed by atoms with E-state index in [1.807, 2.05) is 0 Å². The van der Waals surface area contributed by atoms with Crippen LogP contribution in [0.3, 0.4) is 0 Å². The minimum Gasteiger partial charge on any atom is -0.381 e. The van der Waals surface area contributed by atoms with Crippen molar-refractivity contribution in [3.63, 3.8) is 0 Å². The van der Waals surface area contributed by atoms with Gasteiger partial charge in [-0.15, -0.1) is 0 Å². The van der Waals surface area contributed by atoms with Gasteiger partial charge in [-0.2, -0.15) is 0 Å². The molecular formula is C14H27NO3. The zero-order valence-corrected chi connectivity index (χ0v) is 11.6. The van der Waals surface area contributed by atoms with Crippen LogP contribution in [-0.2, 0) is 14.2 Å². The van der Waals surface area contributed by atoms with E-state index in [-0.39, 0.29) is 5.60 Å². The minimum atomic E-state index is 0.0536. The SMILES string of the molecule is CCCNCCOC1CCOC2(CCOCC2)C1. The Morgan fingerprint density at radius 3 is 2.83 bits per heavy atom. The lowest BCUT2D eigenvalue weighted by Gasteiger charge is -2.43.